The van der Waals surface area contributed by atoms with Crippen LogP contribution in [0.5, 0.6) is 0 Å². The zero-order valence-corrected chi connectivity index (χ0v) is 11.3. The van der Waals surface area contributed by atoms with Gasteiger partial charge in [0, 0.05) is 19.4 Å². The third-order valence-corrected chi connectivity index (χ3v) is 3.56. The lowest BCUT2D eigenvalue weighted by atomic mass is 10.4. The third-order valence-electron chi connectivity index (χ3n) is 2.52. The molecule has 0 N–H and O–H groups in total. The van der Waals surface area contributed by atoms with E-state index in [0.717, 1.165) is 10.9 Å². The topological polar surface area (TPSA) is 69.9 Å². The molecule has 0 aromatic carbocycles. The highest BCUT2D eigenvalue weighted by Gasteiger charge is 2.12. The zero-order chi connectivity index (χ0) is 13.2. The van der Waals surface area contributed by atoms with E-state index in [2.05, 4.69) is 15.2 Å². The van der Waals surface area contributed by atoms with Crippen LogP contribution in [0.2, 0.25) is 0 Å². The van der Waals surface area contributed by atoms with Gasteiger partial charge in [0.05, 0.1) is 5.75 Å². The molecule has 0 amide bonds. The molecule has 3 aromatic heterocycles. The molecule has 0 saturated carbocycles. The van der Waals surface area contributed by atoms with Gasteiger partial charge in [-0.3, -0.25) is 0 Å². The summed E-state index contributed by atoms with van der Waals surface area (Å²) in [7, 11) is 1.94. The van der Waals surface area contributed by atoms with E-state index in [0.29, 0.717) is 23.3 Å². The Morgan fingerprint density at radius 3 is 2.84 bits per heavy atom. The second-order valence-corrected chi connectivity index (χ2v) is 4.96. The van der Waals surface area contributed by atoms with Crippen molar-refractivity contribution in [1.29, 1.82) is 0 Å². The van der Waals surface area contributed by atoms with Crippen LogP contribution in [-0.4, -0.2) is 19.7 Å². The summed E-state index contributed by atoms with van der Waals surface area (Å²) >= 11 is 1.55. The van der Waals surface area contributed by atoms with Gasteiger partial charge in [0.2, 0.25) is 5.89 Å². The molecule has 98 valence electrons. The Morgan fingerprint density at radius 2 is 2.16 bits per heavy atom. The number of imidazole rings is 1. The number of aromatic nitrogens is 4. The molecule has 19 heavy (non-hydrogen) atoms. The van der Waals surface area contributed by atoms with Crippen LogP contribution in [0.3, 0.4) is 0 Å². The van der Waals surface area contributed by atoms with Gasteiger partial charge in [0.25, 0.3) is 5.89 Å². The molecule has 0 unspecified atom stereocenters. The average molecular weight is 276 g/mol. The van der Waals surface area contributed by atoms with Gasteiger partial charge >= 0.3 is 0 Å². The van der Waals surface area contributed by atoms with Crippen LogP contribution in [-0.2, 0) is 12.8 Å². The van der Waals surface area contributed by atoms with Crippen LogP contribution in [0.4, 0.5) is 0 Å². The molecule has 3 aromatic rings. The van der Waals surface area contributed by atoms with Gasteiger partial charge in [0.1, 0.15) is 5.76 Å². The van der Waals surface area contributed by atoms with Crippen molar-refractivity contribution in [1.82, 2.24) is 19.7 Å². The molecule has 7 heteroatoms. The van der Waals surface area contributed by atoms with Crippen molar-refractivity contribution in [3.8, 4) is 11.7 Å². The highest BCUT2D eigenvalue weighted by molar-refractivity contribution is 7.98. The highest BCUT2D eigenvalue weighted by atomic mass is 32.2. The van der Waals surface area contributed by atoms with E-state index in [1.807, 2.05) is 36.9 Å². The summed E-state index contributed by atoms with van der Waals surface area (Å²) in [6, 6.07) is 3.68. The summed E-state index contributed by atoms with van der Waals surface area (Å²) in [4.78, 5) is 4.22. The smallest absolute Gasteiger partial charge is 0.283 e. The molecule has 3 heterocycles. The largest absolute Gasteiger partial charge is 0.456 e. The number of hydrogen-bond acceptors (Lipinski definition) is 6. The lowest BCUT2D eigenvalue weighted by Crippen LogP contribution is -1.89. The van der Waals surface area contributed by atoms with Crippen molar-refractivity contribution in [2.75, 3.05) is 0 Å². The van der Waals surface area contributed by atoms with Gasteiger partial charge in [-0.2, -0.15) is 0 Å². The van der Waals surface area contributed by atoms with Crippen LogP contribution >= 0.6 is 11.8 Å². The quantitative estimate of drug-likeness (QED) is 0.682. The van der Waals surface area contributed by atoms with Gasteiger partial charge < -0.3 is 13.4 Å². The number of aryl methyl sites for hydroxylation is 2. The van der Waals surface area contributed by atoms with Crippen molar-refractivity contribution in [2.24, 2.45) is 7.05 Å². The standard InChI is InChI=1S/C12H12N4O2S/c1-8-3-4-9(17-8)11-15-14-10(18-11)7-19-12-13-5-6-16(12)2/h3-6H,7H2,1-2H3. The first-order chi connectivity index (χ1) is 9.22. The van der Waals surface area contributed by atoms with Crippen molar-refractivity contribution < 1.29 is 8.83 Å². The van der Waals surface area contributed by atoms with Gasteiger partial charge in [-0.25, -0.2) is 4.98 Å². The van der Waals surface area contributed by atoms with Gasteiger partial charge in [-0.1, -0.05) is 11.8 Å². The molecular weight excluding hydrogens is 264 g/mol. The molecule has 0 saturated heterocycles. The number of furan rings is 1. The molecule has 0 fully saturated rings. The first-order valence-corrected chi connectivity index (χ1v) is 6.70. The maximum Gasteiger partial charge on any atom is 0.283 e. The predicted molar refractivity (Wildman–Crippen MR) is 69.5 cm³/mol. The maximum absolute atomic E-state index is 5.55. The van der Waals surface area contributed by atoms with Crippen LogP contribution in [0, 0.1) is 6.92 Å². The Balaban J connectivity index is 1.70. The molecular formula is C12H12N4O2S. The zero-order valence-electron chi connectivity index (χ0n) is 10.5. The number of nitrogens with zero attached hydrogens (tertiary/aromatic N) is 4. The first kappa shape index (κ1) is 12.0. The third kappa shape index (κ3) is 2.55. The van der Waals surface area contributed by atoms with E-state index >= 15 is 0 Å². The first-order valence-electron chi connectivity index (χ1n) is 5.71. The Morgan fingerprint density at radius 1 is 1.26 bits per heavy atom. The molecule has 3 rings (SSSR count). The van der Waals surface area contributed by atoms with Gasteiger partial charge in [0.15, 0.2) is 10.9 Å². The van der Waals surface area contributed by atoms with Gasteiger partial charge in [-0.15, -0.1) is 10.2 Å². The minimum Gasteiger partial charge on any atom is -0.456 e. The number of hydrogen-bond donors (Lipinski definition) is 0. The van der Waals surface area contributed by atoms with E-state index in [9.17, 15) is 0 Å². The fourth-order valence-electron chi connectivity index (χ4n) is 1.58. The Kier molecular flexibility index (Phi) is 3.12. The van der Waals surface area contributed by atoms with Crippen LogP contribution in [0.15, 0.2) is 38.5 Å². The second-order valence-electron chi connectivity index (χ2n) is 4.02. The van der Waals surface area contributed by atoms with Gasteiger partial charge in [-0.05, 0) is 19.1 Å². The number of thioether (sulfide) groups is 1. The Hall–Kier alpha value is -2.02. The predicted octanol–water partition coefficient (Wildman–Crippen LogP) is 2.66. The monoisotopic (exact) mass is 276 g/mol. The lowest BCUT2D eigenvalue weighted by molar-refractivity contribution is 0.484. The maximum atomic E-state index is 5.55. The molecule has 0 bridgehead atoms. The lowest BCUT2D eigenvalue weighted by Gasteiger charge is -1.97. The molecule has 0 aliphatic rings. The molecule has 6 nitrogen and oxygen atoms in total. The van der Waals surface area contributed by atoms with E-state index in [4.69, 9.17) is 8.83 Å². The van der Waals surface area contributed by atoms with E-state index in [1.165, 1.54) is 0 Å². The molecule has 0 aliphatic carbocycles. The minimum absolute atomic E-state index is 0.406. The molecule has 0 aliphatic heterocycles. The minimum atomic E-state index is 0.406. The fraction of sp³-hybridized carbons (Fsp3) is 0.250. The van der Waals surface area contributed by atoms with Crippen LogP contribution in [0.25, 0.3) is 11.7 Å². The second kappa shape index (κ2) is 4.93. The van der Waals surface area contributed by atoms with Crippen LogP contribution < -0.4 is 0 Å². The Bertz CT molecular complexity index is 685. The van der Waals surface area contributed by atoms with E-state index < -0.39 is 0 Å². The highest BCUT2D eigenvalue weighted by Crippen LogP contribution is 2.24. The van der Waals surface area contributed by atoms with Crippen molar-refractivity contribution in [3.05, 3.63) is 36.2 Å². The summed E-state index contributed by atoms with van der Waals surface area (Å²) in [6.07, 6.45) is 3.65. The molecule has 0 atom stereocenters. The summed E-state index contributed by atoms with van der Waals surface area (Å²) in [5.74, 6) is 2.95. The number of rotatable bonds is 4. The summed E-state index contributed by atoms with van der Waals surface area (Å²) in [6.45, 7) is 1.87. The summed E-state index contributed by atoms with van der Waals surface area (Å²) < 4.78 is 12.9. The fourth-order valence-corrected chi connectivity index (χ4v) is 2.35. The van der Waals surface area contributed by atoms with E-state index in [1.54, 1.807) is 18.0 Å². The normalized spacial score (nSPS) is 11.1. The summed E-state index contributed by atoms with van der Waals surface area (Å²) in [5.41, 5.74) is 0. The Labute approximate surface area is 113 Å². The summed E-state index contributed by atoms with van der Waals surface area (Å²) in [5, 5.41) is 8.88. The van der Waals surface area contributed by atoms with E-state index in [-0.39, 0.29) is 0 Å². The average Bonchev–Trinajstić information content (AvgIpc) is 3.08. The van der Waals surface area contributed by atoms with Crippen LogP contribution in [0.1, 0.15) is 11.7 Å². The molecule has 0 spiro atoms. The SMILES string of the molecule is Cc1ccc(-c2nnc(CSc3nccn3C)o2)o1. The van der Waals surface area contributed by atoms with Crippen molar-refractivity contribution in [3.63, 3.8) is 0 Å². The molecule has 0 radical (unpaired) electrons. The van der Waals surface area contributed by atoms with Crippen molar-refractivity contribution >= 4 is 11.8 Å². The van der Waals surface area contributed by atoms with Crippen molar-refractivity contribution in [2.45, 2.75) is 17.8 Å².